The lowest BCUT2D eigenvalue weighted by molar-refractivity contribution is -0.131. The Kier molecular flexibility index (Phi) is 4.24. The SMILES string of the molecule is CC(=O)Oc1cc(-c2ccccc2)cc(N2C(=O)Cc3ccccc32)c1C. The van der Waals surface area contributed by atoms with Gasteiger partial charge in [-0.05, 0) is 41.8 Å². The molecular weight excluding hydrogens is 338 g/mol. The summed E-state index contributed by atoms with van der Waals surface area (Å²) in [5.41, 5.74) is 5.26. The van der Waals surface area contributed by atoms with E-state index in [1.54, 1.807) is 4.90 Å². The Bertz CT molecular complexity index is 1040. The Balaban J connectivity index is 1.92. The highest BCUT2D eigenvalue weighted by Gasteiger charge is 2.30. The van der Waals surface area contributed by atoms with Gasteiger partial charge in [-0.25, -0.2) is 0 Å². The fourth-order valence-corrected chi connectivity index (χ4v) is 3.48. The molecule has 4 nitrogen and oxygen atoms in total. The third-order valence-electron chi connectivity index (χ3n) is 4.76. The van der Waals surface area contributed by atoms with Crippen LogP contribution < -0.4 is 9.64 Å². The summed E-state index contributed by atoms with van der Waals surface area (Å²) in [6.45, 7) is 3.25. The van der Waals surface area contributed by atoms with Crippen molar-refractivity contribution in [3.05, 3.63) is 77.9 Å². The van der Waals surface area contributed by atoms with Gasteiger partial charge in [0.05, 0.1) is 17.8 Å². The number of anilines is 2. The molecule has 0 N–H and O–H groups in total. The van der Waals surface area contributed by atoms with Crippen molar-refractivity contribution in [2.24, 2.45) is 0 Å². The molecule has 0 radical (unpaired) electrons. The van der Waals surface area contributed by atoms with Crippen LogP contribution in [0, 0.1) is 6.92 Å². The van der Waals surface area contributed by atoms with E-state index in [0.29, 0.717) is 12.2 Å². The van der Waals surface area contributed by atoms with Crippen LogP contribution in [0.5, 0.6) is 5.75 Å². The van der Waals surface area contributed by atoms with Gasteiger partial charge in [-0.3, -0.25) is 14.5 Å². The van der Waals surface area contributed by atoms with Crippen LogP contribution in [0.25, 0.3) is 11.1 Å². The summed E-state index contributed by atoms with van der Waals surface area (Å²) < 4.78 is 5.45. The first kappa shape index (κ1) is 17.0. The van der Waals surface area contributed by atoms with Gasteiger partial charge in [-0.15, -0.1) is 0 Å². The van der Waals surface area contributed by atoms with Crippen molar-refractivity contribution in [1.29, 1.82) is 0 Å². The number of carbonyl (C=O) groups is 2. The van der Waals surface area contributed by atoms with Gasteiger partial charge in [-0.2, -0.15) is 0 Å². The van der Waals surface area contributed by atoms with Gasteiger partial charge in [0, 0.05) is 12.5 Å². The molecule has 1 heterocycles. The summed E-state index contributed by atoms with van der Waals surface area (Å²) in [6.07, 6.45) is 0.369. The van der Waals surface area contributed by atoms with Gasteiger partial charge >= 0.3 is 5.97 Å². The first-order chi connectivity index (χ1) is 13.0. The minimum atomic E-state index is -0.387. The highest BCUT2D eigenvalue weighted by atomic mass is 16.5. The van der Waals surface area contributed by atoms with Crippen LogP contribution >= 0.6 is 0 Å². The summed E-state index contributed by atoms with van der Waals surface area (Å²) in [7, 11) is 0. The molecule has 0 saturated heterocycles. The van der Waals surface area contributed by atoms with Gasteiger partial charge in [0.1, 0.15) is 5.75 Å². The first-order valence-electron chi connectivity index (χ1n) is 8.84. The van der Waals surface area contributed by atoms with Crippen molar-refractivity contribution in [1.82, 2.24) is 0 Å². The molecule has 0 aromatic heterocycles. The van der Waals surface area contributed by atoms with Crippen LogP contribution in [-0.2, 0) is 16.0 Å². The van der Waals surface area contributed by atoms with Crippen LogP contribution in [0.1, 0.15) is 18.1 Å². The second-order valence-electron chi connectivity index (χ2n) is 6.61. The largest absolute Gasteiger partial charge is 0.426 e. The average molecular weight is 357 g/mol. The predicted molar refractivity (Wildman–Crippen MR) is 105 cm³/mol. The second-order valence-corrected chi connectivity index (χ2v) is 6.61. The van der Waals surface area contributed by atoms with Crippen LogP contribution in [0.15, 0.2) is 66.7 Å². The lowest BCUT2D eigenvalue weighted by Crippen LogP contribution is -2.22. The van der Waals surface area contributed by atoms with Crippen LogP contribution in [0.4, 0.5) is 11.4 Å². The van der Waals surface area contributed by atoms with E-state index in [0.717, 1.165) is 33.6 Å². The Labute approximate surface area is 158 Å². The number of amides is 1. The number of nitrogens with zero attached hydrogens (tertiary/aromatic N) is 1. The molecule has 0 saturated carbocycles. The molecule has 4 heteroatoms. The molecule has 0 unspecified atom stereocenters. The van der Waals surface area contributed by atoms with Gasteiger partial charge in [0.15, 0.2) is 0 Å². The van der Waals surface area contributed by atoms with E-state index in [1.165, 1.54) is 6.92 Å². The minimum absolute atomic E-state index is 0.0123. The van der Waals surface area contributed by atoms with E-state index in [4.69, 9.17) is 4.74 Å². The van der Waals surface area contributed by atoms with Crippen molar-refractivity contribution in [3.8, 4) is 16.9 Å². The molecule has 134 valence electrons. The number of carbonyl (C=O) groups excluding carboxylic acids is 2. The minimum Gasteiger partial charge on any atom is -0.426 e. The number of ether oxygens (including phenoxy) is 1. The van der Waals surface area contributed by atoms with E-state index in [1.807, 2.05) is 73.7 Å². The lowest BCUT2D eigenvalue weighted by Gasteiger charge is -2.22. The zero-order valence-corrected chi connectivity index (χ0v) is 15.2. The highest BCUT2D eigenvalue weighted by molar-refractivity contribution is 6.08. The van der Waals surface area contributed by atoms with Crippen LogP contribution in [-0.4, -0.2) is 11.9 Å². The predicted octanol–water partition coefficient (Wildman–Crippen LogP) is 4.81. The molecule has 0 bridgehead atoms. The summed E-state index contributed by atoms with van der Waals surface area (Å²) in [5, 5.41) is 0. The topological polar surface area (TPSA) is 46.6 Å². The second kappa shape index (κ2) is 6.72. The van der Waals surface area contributed by atoms with Crippen molar-refractivity contribution < 1.29 is 14.3 Å². The summed E-state index contributed by atoms with van der Waals surface area (Å²) in [6, 6.07) is 21.5. The van der Waals surface area contributed by atoms with Gasteiger partial charge < -0.3 is 4.74 Å². The van der Waals surface area contributed by atoms with E-state index < -0.39 is 0 Å². The maximum atomic E-state index is 12.8. The molecule has 1 amide bonds. The van der Waals surface area contributed by atoms with Crippen molar-refractivity contribution in [2.45, 2.75) is 20.3 Å². The number of rotatable bonds is 3. The summed E-state index contributed by atoms with van der Waals surface area (Å²) in [4.78, 5) is 26.1. The Morgan fingerprint density at radius 2 is 1.63 bits per heavy atom. The molecule has 1 aliphatic rings. The third-order valence-corrected chi connectivity index (χ3v) is 4.76. The molecule has 0 spiro atoms. The number of hydrogen-bond acceptors (Lipinski definition) is 3. The molecule has 3 aromatic carbocycles. The maximum Gasteiger partial charge on any atom is 0.308 e. The Morgan fingerprint density at radius 1 is 0.926 bits per heavy atom. The van der Waals surface area contributed by atoms with E-state index in [9.17, 15) is 9.59 Å². The molecule has 0 aliphatic carbocycles. The Morgan fingerprint density at radius 3 is 2.37 bits per heavy atom. The molecule has 0 fully saturated rings. The van der Waals surface area contributed by atoms with E-state index >= 15 is 0 Å². The van der Waals surface area contributed by atoms with Crippen molar-refractivity contribution >= 4 is 23.3 Å². The van der Waals surface area contributed by atoms with Crippen LogP contribution in [0.2, 0.25) is 0 Å². The zero-order valence-electron chi connectivity index (χ0n) is 15.2. The first-order valence-corrected chi connectivity index (χ1v) is 8.84. The van der Waals surface area contributed by atoms with Crippen molar-refractivity contribution in [2.75, 3.05) is 4.90 Å². The van der Waals surface area contributed by atoms with Gasteiger partial charge in [-0.1, -0.05) is 48.5 Å². The molecule has 27 heavy (non-hydrogen) atoms. The van der Waals surface area contributed by atoms with Gasteiger partial charge in [0.2, 0.25) is 5.91 Å². The average Bonchev–Trinajstić information content (AvgIpc) is 2.99. The molecule has 0 atom stereocenters. The standard InChI is InChI=1S/C23H19NO3/c1-15-21(24-20-11-7-6-10-18(20)14-23(24)26)12-19(13-22(15)27-16(2)25)17-8-4-3-5-9-17/h3-13H,14H2,1-2H3. The van der Waals surface area contributed by atoms with E-state index in [-0.39, 0.29) is 11.9 Å². The fraction of sp³-hybridized carbons (Fsp3) is 0.130. The zero-order chi connectivity index (χ0) is 19.0. The smallest absolute Gasteiger partial charge is 0.308 e. The van der Waals surface area contributed by atoms with Crippen LogP contribution in [0.3, 0.4) is 0 Å². The quantitative estimate of drug-likeness (QED) is 0.499. The number of para-hydroxylation sites is 1. The number of esters is 1. The Hall–Kier alpha value is -3.40. The third kappa shape index (κ3) is 3.10. The number of hydrogen-bond donors (Lipinski definition) is 0. The molecule has 4 rings (SSSR count). The van der Waals surface area contributed by atoms with E-state index in [2.05, 4.69) is 0 Å². The van der Waals surface area contributed by atoms with Crippen molar-refractivity contribution in [3.63, 3.8) is 0 Å². The number of fused-ring (bicyclic) bond motifs is 1. The lowest BCUT2D eigenvalue weighted by atomic mass is 10.0. The summed E-state index contributed by atoms with van der Waals surface area (Å²) >= 11 is 0. The monoisotopic (exact) mass is 357 g/mol. The molecule has 1 aliphatic heterocycles. The fourth-order valence-electron chi connectivity index (χ4n) is 3.48. The maximum absolute atomic E-state index is 12.8. The van der Waals surface area contributed by atoms with Gasteiger partial charge in [0.25, 0.3) is 0 Å². The molecular formula is C23H19NO3. The highest BCUT2D eigenvalue weighted by Crippen LogP contribution is 2.42. The molecule has 3 aromatic rings. The summed E-state index contributed by atoms with van der Waals surface area (Å²) in [5.74, 6) is 0.0942. The normalized spacial score (nSPS) is 12.8. The number of benzene rings is 3.